The summed E-state index contributed by atoms with van der Waals surface area (Å²) >= 11 is 0. The van der Waals surface area contributed by atoms with Gasteiger partial charge >= 0.3 is 0 Å². The Morgan fingerprint density at radius 1 is 1.50 bits per heavy atom. The predicted molar refractivity (Wildman–Crippen MR) is 68.6 cm³/mol. The number of rotatable bonds is 4. The summed E-state index contributed by atoms with van der Waals surface area (Å²) in [5.41, 5.74) is 0.837. The molecular formula is C15H17NO2. The van der Waals surface area contributed by atoms with Gasteiger partial charge < -0.3 is 4.74 Å². The van der Waals surface area contributed by atoms with E-state index in [1.807, 2.05) is 25.1 Å². The second kappa shape index (κ2) is 4.81. The normalized spacial score (nSPS) is 16.5. The fraction of sp³-hybridized carbons (Fsp3) is 0.467. The van der Waals surface area contributed by atoms with Crippen LogP contribution >= 0.6 is 0 Å². The lowest BCUT2D eigenvalue weighted by molar-refractivity contribution is 0.0745. The molecule has 1 aromatic rings. The lowest BCUT2D eigenvalue weighted by atomic mass is 9.65. The monoisotopic (exact) mass is 243 g/mol. The van der Waals surface area contributed by atoms with Crippen LogP contribution in [0.3, 0.4) is 0 Å². The summed E-state index contributed by atoms with van der Waals surface area (Å²) in [7, 11) is 1.55. The molecule has 0 amide bonds. The van der Waals surface area contributed by atoms with Crippen molar-refractivity contribution in [2.75, 3.05) is 7.11 Å². The predicted octanol–water partition coefficient (Wildman–Crippen LogP) is 3.13. The van der Waals surface area contributed by atoms with E-state index in [1.54, 1.807) is 7.11 Å². The van der Waals surface area contributed by atoms with Crippen molar-refractivity contribution in [2.45, 2.75) is 32.6 Å². The van der Waals surface area contributed by atoms with Gasteiger partial charge in [-0.15, -0.1) is 0 Å². The van der Waals surface area contributed by atoms with E-state index >= 15 is 0 Å². The lowest BCUT2D eigenvalue weighted by Gasteiger charge is -2.33. The molecule has 0 aliphatic heterocycles. The molecule has 0 aromatic heterocycles. The number of nitriles is 1. The van der Waals surface area contributed by atoms with Crippen LogP contribution in [0.25, 0.3) is 0 Å². The molecule has 1 fully saturated rings. The number of ketones is 1. The Kier molecular flexibility index (Phi) is 3.38. The molecule has 3 heteroatoms. The van der Waals surface area contributed by atoms with Crippen LogP contribution in [0.4, 0.5) is 0 Å². The van der Waals surface area contributed by atoms with Gasteiger partial charge in [0.25, 0.3) is 0 Å². The molecule has 0 saturated heterocycles. The van der Waals surface area contributed by atoms with Gasteiger partial charge in [0.15, 0.2) is 5.78 Å². The summed E-state index contributed by atoms with van der Waals surface area (Å²) in [4.78, 5) is 12.5. The first-order valence-corrected chi connectivity index (χ1v) is 6.30. The summed E-state index contributed by atoms with van der Waals surface area (Å²) in [5.74, 6) is 0.488. The van der Waals surface area contributed by atoms with Crippen LogP contribution in [0, 0.1) is 16.7 Å². The maximum Gasteiger partial charge on any atom is 0.186 e. The molecule has 0 N–H and O–H groups in total. The molecule has 2 rings (SSSR count). The number of methoxy groups -OCH3 is 1. The van der Waals surface area contributed by atoms with E-state index < -0.39 is 5.41 Å². The Labute approximate surface area is 107 Å². The number of carbonyl (C=O) groups excluding carboxylic acids is 1. The SMILES string of the molecule is CCc1ccc(OC)c(C(=O)C2(C#N)CCC2)c1. The van der Waals surface area contributed by atoms with Gasteiger partial charge in [-0.3, -0.25) is 4.79 Å². The van der Waals surface area contributed by atoms with Crippen LogP contribution < -0.4 is 4.74 Å². The van der Waals surface area contributed by atoms with Crippen molar-refractivity contribution in [3.05, 3.63) is 29.3 Å². The number of Topliss-reactive ketones (excluding diaryl/α,β-unsaturated/α-hetero) is 1. The summed E-state index contributed by atoms with van der Waals surface area (Å²) in [5, 5.41) is 9.25. The van der Waals surface area contributed by atoms with E-state index in [4.69, 9.17) is 4.74 Å². The number of hydrogen-bond acceptors (Lipinski definition) is 3. The van der Waals surface area contributed by atoms with Gasteiger partial charge in [0.1, 0.15) is 11.2 Å². The minimum Gasteiger partial charge on any atom is -0.496 e. The van der Waals surface area contributed by atoms with Gasteiger partial charge in [0, 0.05) is 0 Å². The molecule has 0 radical (unpaired) electrons. The van der Waals surface area contributed by atoms with Gasteiger partial charge in [-0.25, -0.2) is 0 Å². The first kappa shape index (κ1) is 12.6. The van der Waals surface area contributed by atoms with Crippen LogP contribution in [-0.4, -0.2) is 12.9 Å². The topological polar surface area (TPSA) is 50.1 Å². The van der Waals surface area contributed by atoms with E-state index in [0.29, 0.717) is 24.2 Å². The zero-order valence-corrected chi connectivity index (χ0v) is 10.8. The average molecular weight is 243 g/mol. The molecule has 0 bridgehead atoms. The lowest BCUT2D eigenvalue weighted by Crippen LogP contribution is -2.36. The highest BCUT2D eigenvalue weighted by molar-refractivity contribution is 6.05. The molecule has 1 aliphatic rings. The third-order valence-electron chi connectivity index (χ3n) is 3.77. The standard InChI is InChI=1S/C15H17NO2/c1-3-11-5-6-13(18-2)12(9-11)14(17)15(10-16)7-4-8-15/h5-6,9H,3-4,7-8H2,1-2H3. The Bertz CT molecular complexity index is 510. The van der Waals surface area contributed by atoms with Crippen molar-refractivity contribution >= 4 is 5.78 Å². The Morgan fingerprint density at radius 2 is 2.22 bits per heavy atom. The van der Waals surface area contributed by atoms with E-state index in [-0.39, 0.29) is 5.78 Å². The van der Waals surface area contributed by atoms with E-state index in [1.165, 1.54) is 0 Å². The summed E-state index contributed by atoms with van der Waals surface area (Å²) in [6.07, 6.45) is 3.16. The highest BCUT2D eigenvalue weighted by Crippen LogP contribution is 2.44. The minimum absolute atomic E-state index is 0.0802. The molecule has 1 aromatic carbocycles. The maximum absolute atomic E-state index is 12.5. The molecule has 18 heavy (non-hydrogen) atoms. The second-order valence-corrected chi connectivity index (χ2v) is 4.76. The highest BCUT2D eigenvalue weighted by Gasteiger charge is 2.45. The fourth-order valence-electron chi connectivity index (χ4n) is 2.33. The van der Waals surface area contributed by atoms with Crippen molar-refractivity contribution in [2.24, 2.45) is 5.41 Å². The number of hydrogen-bond donors (Lipinski definition) is 0. The van der Waals surface area contributed by atoms with Gasteiger partial charge in [-0.2, -0.15) is 5.26 Å². The van der Waals surface area contributed by atoms with Crippen molar-refractivity contribution in [1.82, 2.24) is 0 Å². The Hall–Kier alpha value is -1.82. The molecule has 0 unspecified atom stereocenters. The third kappa shape index (κ3) is 1.88. The third-order valence-corrected chi connectivity index (χ3v) is 3.77. The minimum atomic E-state index is -0.806. The Morgan fingerprint density at radius 3 is 2.67 bits per heavy atom. The first-order valence-electron chi connectivity index (χ1n) is 6.30. The van der Waals surface area contributed by atoms with Crippen LogP contribution in [0.5, 0.6) is 5.75 Å². The van der Waals surface area contributed by atoms with E-state index in [0.717, 1.165) is 18.4 Å². The number of aryl methyl sites for hydroxylation is 1. The second-order valence-electron chi connectivity index (χ2n) is 4.76. The van der Waals surface area contributed by atoms with Crippen molar-refractivity contribution in [3.8, 4) is 11.8 Å². The largest absolute Gasteiger partial charge is 0.496 e. The van der Waals surface area contributed by atoms with Gasteiger partial charge in [0.05, 0.1) is 18.7 Å². The number of carbonyl (C=O) groups is 1. The van der Waals surface area contributed by atoms with Crippen LogP contribution in [0.1, 0.15) is 42.1 Å². The quantitative estimate of drug-likeness (QED) is 0.763. The van der Waals surface area contributed by atoms with E-state index in [9.17, 15) is 10.1 Å². The van der Waals surface area contributed by atoms with Gasteiger partial charge in [-0.1, -0.05) is 13.0 Å². The fourth-order valence-corrected chi connectivity index (χ4v) is 2.33. The summed E-state index contributed by atoms with van der Waals surface area (Å²) in [6.45, 7) is 2.04. The van der Waals surface area contributed by atoms with Crippen molar-refractivity contribution in [1.29, 1.82) is 5.26 Å². The highest BCUT2D eigenvalue weighted by atomic mass is 16.5. The van der Waals surface area contributed by atoms with Crippen LogP contribution in [0.15, 0.2) is 18.2 Å². The van der Waals surface area contributed by atoms with Crippen molar-refractivity contribution < 1.29 is 9.53 Å². The van der Waals surface area contributed by atoms with Crippen molar-refractivity contribution in [3.63, 3.8) is 0 Å². The maximum atomic E-state index is 12.5. The van der Waals surface area contributed by atoms with Gasteiger partial charge in [-0.05, 0) is 43.4 Å². The molecule has 0 atom stereocenters. The number of benzene rings is 1. The van der Waals surface area contributed by atoms with Gasteiger partial charge in [0.2, 0.25) is 0 Å². The number of ether oxygens (including phenoxy) is 1. The molecule has 0 heterocycles. The molecular weight excluding hydrogens is 226 g/mol. The van der Waals surface area contributed by atoms with Crippen LogP contribution in [-0.2, 0) is 6.42 Å². The zero-order chi connectivity index (χ0) is 13.2. The summed E-state index contributed by atoms with van der Waals surface area (Å²) < 4.78 is 5.24. The van der Waals surface area contributed by atoms with Crippen LogP contribution in [0.2, 0.25) is 0 Å². The molecule has 3 nitrogen and oxygen atoms in total. The first-order chi connectivity index (χ1) is 8.66. The summed E-state index contributed by atoms with van der Waals surface area (Å²) in [6, 6.07) is 7.83. The Balaban J connectivity index is 2.43. The average Bonchev–Trinajstić information content (AvgIpc) is 2.37. The zero-order valence-electron chi connectivity index (χ0n) is 10.8. The molecule has 0 spiro atoms. The molecule has 1 saturated carbocycles. The smallest absolute Gasteiger partial charge is 0.186 e. The van der Waals surface area contributed by atoms with E-state index in [2.05, 4.69) is 6.07 Å². The molecule has 94 valence electrons. The molecule has 1 aliphatic carbocycles. The number of nitrogens with zero attached hydrogens (tertiary/aromatic N) is 1.